The van der Waals surface area contributed by atoms with Crippen molar-refractivity contribution in [3.8, 4) is 0 Å². The minimum atomic E-state index is -1.02. The van der Waals surface area contributed by atoms with Crippen LogP contribution in [0.3, 0.4) is 0 Å². The number of hydrogen-bond acceptors (Lipinski definition) is 3. The van der Waals surface area contributed by atoms with Gasteiger partial charge in [0.2, 0.25) is 0 Å². The molecular weight excluding hydrogens is 246 g/mol. The molecule has 5 nitrogen and oxygen atoms in total. The number of carboxylic acids is 1. The van der Waals surface area contributed by atoms with E-state index in [0.717, 1.165) is 12.8 Å². The lowest BCUT2D eigenvalue weighted by Crippen LogP contribution is -2.27. The number of nitrogens with one attached hydrogen (secondary N) is 1. The Morgan fingerprint density at radius 3 is 2.53 bits per heavy atom. The van der Waals surface area contributed by atoms with Crippen LogP contribution >= 0.6 is 0 Å². The first-order chi connectivity index (χ1) is 9.13. The van der Waals surface area contributed by atoms with Gasteiger partial charge in [-0.25, -0.2) is 4.79 Å². The third-order valence-corrected chi connectivity index (χ3v) is 2.51. The summed E-state index contributed by atoms with van der Waals surface area (Å²) in [4.78, 5) is 21.9. The van der Waals surface area contributed by atoms with Gasteiger partial charge in [0.05, 0.1) is 6.61 Å². The van der Waals surface area contributed by atoms with Crippen molar-refractivity contribution in [1.82, 2.24) is 5.32 Å². The van der Waals surface area contributed by atoms with E-state index in [1.165, 1.54) is 5.56 Å². The number of carbonyl (C=O) groups is 2. The molecule has 104 valence electrons. The Morgan fingerprint density at radius 1 is 1.26 bits per heavy atom. The van der Waals surface area contributed by atoms with Gasteiger partial charge < -0.3 is 15.2 Å². The van der Waals surface area contributed by atoms with Crippen molar-refractivity contribution in [1.29, 1.82) is 0 Å². The van der Waals surface area contributed by atoms with Gasteiger partial charge in [-0.05, 0) is 24.1 Å². The van der Waals surface area contributed by atoms with E-state index in [9.17, 15) is 9.59 Å². The number of hydrogen-bond donors (Lipinski definition) is 2. The molecule has 0 bridgehead atoms. The van der Waals surface area contributed by atoms with E-state index in [-0.39, 0.29) is 19.1 Å². The van der Waals surface area contributed by atoms with Crippen molar-refractivity contribution in [2.75, 3.05) is 19.8 Å². The van der Waals surface area contributed by atoms with Crippen LogP contribution in [0.15, 0.2) is 24.3 Å². The highest BCUT2D eigenvalue weighted by Gasteiger charge is 2.04. The lowest BCUT2D eigenvalue weighted by molar-refractivity contribution is -0.142. The van der Waals surface area contributed by atoms with Crippen molar-refractivity contribution in [2.45, 2.75) is 19.8 Å². The Labute approximate surface area is 112 Å². The molecule has 1 aromatic rings. The summed E-state index contributed by atoms with van der Waals surface area (Å²) < 4.78 is 4.82. The van der Waals surface area contributed by atoms with E-state index in [1.54, 1.807) is 12.1 Å². The van der Waals surface area contributed by atoms with Crippen LogP contribution in [0.25, 0.3) is 0 Å². The standard InChI is InChI=1S/C14H19NO4/c1-2-3-11-4-6-12(7-5-11)14(18)15-8-9-19-10-13(16)17/h4-7H,2-3,8-10H2,1H3,(H,15,18)(H,16,17). The van der Waals surface area contributed by atoms with Gasteiger partial charge in [-0.15, -0.1) is 0 Å². The molecule has 0 saturated carbocycles. The predicted octanol–water partition coefficient (Wildman–Crippen LogP) is 1.47. The van der Waals surface area contributed by atoms with Crippen LogP contribution in [-0.4, -0.2) is 36.7 Å². The Morgan fingerprint density at radius 2 is 1.95 bits per heavy atom. The topological polar surface area (TPSA) is 75.6 Å². The van der Waals surface area contributed by atoms with Gasteiger partial charge in [0.1, 0.15) is 6.61 Å². The van der Waals surface area contributed by atoms with Crippen LogP contribution in [0.5, 0.6) is 0 Å². The Balaban J connectivity index is 2.30. The fourth-order valence-corrected chi connectivity index (χ4v) is 1.61. The van der Waals surface area contributed by atoms with Crippen molar-refractivity contribution in [3.05, 3.63) is 35.4 Å². The van der Waals surface area contributed by atoms with E-state index >= 15 is 0 Å². The summed E-state index contributed by atoms with van der Waals surface area (Å²) in [5.41, 5.74) is 1.81. The molecule has 0 unspecified atom stereocenters. The summed E-state index contributed by atoms with van der Waals surface area (Å²) in [6, 6.07) is 7.47. The minimum absolute atomic E-state index is 0.179. The highest BCUT2D eigenvalue weighted by Crippen LogP contribution is 2.06. The van der Waals surface area contributed by atoms with Crippen molar-refractivity contribution < 1.29 is 19.4 Å². The summed E-state index contributed by atoms with van der Waals surface area (Å²) in [5, 5.41) is 11.0. The summed E-state index contributed by atoms with van der Waals surface area (Å²) in [6.45, 7) is 2.24. The van der Waals surface area contributed by atoms with Crippen molar-refractivity contribution >= 4 is 11.9 Å². The monoisotopic (exact) mass is 265 g/mol. The zero-order chi connectivity index (χ0) is 14.1. The lowest BCUT2D eigenvalue weighted by atomic mass is 10.1. The summed E-state index contributed by atoms with van der Waals surface area (Å²) in [7, 11) is 0. The fraction of sp³-hybridized carbons (Fsp3) is 0.429. The van der Waals surface area contributed by atoms with Crippen LogP contribution in [0.2, 0.25) is 0 Å². The largest absolute Gasteiger partial charge is 0.480 e. The van der Waals surface area contributed by atoms with Gasteiger partial charge in [0, 0.05) is 12.1 Å². The summed E-state index contributed by atoms with van der Waals surface area (Å²) in [6.07, 6.45) is 2.08. The number of aryl methyl sites for hydroxylation is 1. The molecule has 1 rings (SSSR count). The third-order valence-electron chi connectivity index (χ3n) is 2.51. The van der Waals surface area contributed by atoms with E-state index < -0.39 is 5.97 Å². The number of benzene rings is 1. The molecule has 0 aliphatic heterocycles. The molecule has 0 aliphatic rings. The highest BCUT2D eigenvalue weighted by atomic mass is 16.5. The summed E-state index contributed by atoms with van der Waals surface area (Å²) >= 11 is 0. The number of rotatable bonds is 8. The number of aliphatic carboxylic acids is 1. The molecule has 0 aliphatic carbocycles. The van der Waals surface area contributed by atoms with Gasteiger partial charge in [-0.2, -0.15) is 0 Å². The molecule has 2 N–H and O–H groups in total. The molecule has 0 heterocycles. The molecule has 0 radical (unpaired) electrons. The number of amides is 1. The minimum Gasteiger partial charge on any atom is -0.480 e. The van der Waals surface area contributed by atoms with Crippen LogP contribution in [0.1, 0.15) is 29.3 Å². The number of carboxylic acid groups (broad SMARTS) is 1. The van der Waals surface area contributed by atoms with Gasteiger partial charge in [-0.3, -0.25) is 4.79 Å². The highest BCUT2D eigenvalue weighted by molar-refractivity contribution is 5.94. The second kappa shape index (κ2) is 8.26. The van der Waals surface area contributed by atoms with Gasteiger partial charge in [0.25, 0.3) is 5.91 Å². The Bertz CT molecular complexity index is 414. The maximum atomic E-state index is 11.7. The molecule has 1 aromatic carbocycles. The van der Waals surface area contributed by atoms with E-state index in [1.807, 2.05) is 12.1 Å². The molecule has 0 fully saturated rings. The SMILES string of the molecule is CCCc1ccc(C(=O)NCCOCC(=O)O)cc1. The fourth-order valence-electron chi connectivity index (χ4n) is 1.61. The molecule has 0 atom stereocenters. The first-order valence-electron chi connectivity index (χ1n) is 6.30. The van der Waals surface area contributed by atoms with Crippen LogP contribution in [0, 0.1) is 0 Å². The maximum Gasteiger partial charge on any atom is 0.329 e. The molecular formula is C14H19NO4. The first-order valence-corrected chi connectivity index (χ1v) is 6.30. The molecule has 0 saturated heterocycles. The average molecular weight is 265 g/mol. The zero-order valence-corrected chi connectivity index (χ0v) is 11.0. The van der Waals surface area contributed by atoms with E-state index in [0.29, 0.717) is 12.1 Å². The average Bonchev–Trinajstić information content (AvgIpc) is 2.39. The molecule has 19 heavy (non-hydrogen) atoms. The zero-order valence-electron chi connectivity index (χ0n) is 11.0. The van der Waals surface area contributed by atoms with E-state index in [4.69, 9.17) is 9.84 Å². The summed E-state index contributed by atoms with van der Waals surface area (Å²) in [5.74, 6) is -1.19. The number of carbonyl (C=O) groups excluding carboxylic acids is 1. The third kappa shape index (κ3) is 6.01. The van der Waals surface area contributed by atoms with Crippen molar-refractivity contribution in [2.24, 2.45) is 0 Å². The Hall–Kier alpha value is -1.88. The smallest absolute Gasteiger partial charge is 0.329 e. The lowest BCUT2D eigenvalue weighted by Gasteiger charge is -2.06. The normalized spacial score (nSPS) is 10.2. The predicted molar refractivity (Wildman–Crippen MR) is 71.2 cm³/mol. The molecule has 0 spiro atoms. The van der Waals surface area contributed by atoms with Gasteiger partial charge in [0.15, 0.2) is 0 Å². The van der Waals surface area contributed by atoms with Crippen LogP contribution in [-0.2, 0) is 16.0 Å². The van der Waals surface area contributed by atoms with Gasteiger partial charge >= 0.3 is 5.97 Å². The Kier molecular flexibility index (Phi) is 6.60. The second-order valence-electron chi connectivity index (χ2n) is 4.15. The van der Waals surface area contributed by atoms with Crippen LogP contribution < -0.4 is 5.32 Å². The van der Waals surface area contributed by atoms with Crippen molar-refractivity contribution in [3.63, 3.8) is 0 Å². The molecule has 0 aromatic heterocycles. The van der Waals surface area contributed by atoms with E-state index in [2.05, 4.69) is 12.2 Å². The second-order valence-corrected chi connectivity index (χ2v) is 4.15. The molecule has 1 amide bonds. The van der Waals surface area contributed by atoms with Crippen LogP contribution in [0.4, 0.5) is 0 Å². The quantitative estimate of drug-likeness (QED) is 0.698. The first kappa shape index (κ1) is 15.2. The maximum absolute atomic E-state index is 11.7. The molecule has 5 heteroatoms. The van der Waals surface area contributed by atoms with Gasteiger partial charge in [-0.1, -0.05) is 25.5 Å². The number of ether oxygens (including phenoxy) is 1.